The number of aromatic nitrogens is 1. The number of Topliss-reactive ketones (excluding diaryl/α,β-unsaturated/α-hetero) is 1. The fourth-order valence-corrected chi connectivity index (χ4v) is 8.39. The van der Waals surface area contributed by atoms with E-state index in [1.807, 2.05) is 32.2 Å². The summed E-state index contributed by atoms with van der Waals surface area (Å²) in [6.45, 7) is 13.1. The SMILES string of the molecule is C/C(=C\c1csc(C)n1)C1CC2C(Br)(Br)C2(C)CCCC(C)C(O)C(C)C(=O)C(C)(C)C(O)CC(=O)O1. The first-order valence-corrected chi connectivity index (χ1v) is 15.6. The number of aliphatic hydroxyl groups excluding tert-OH is 2. The Balaban J connectivity index is 1.93. The van der Waals surface area contributed by atoms with Gasteiger partial charge in [0.1, 0.15) is 11.9 Å². The molecule has 1 aliphatic carbocycles. The molecule has 6 nitrogen and oxygen atoms in total. The third-order valence-electron chi connectivity index (χ3n) is 8.82. The number of thiazole rings is 1. The molecule has 0 spiro atoms. The lowest BCUT2D eigenvalue weighted by Gasteiger charge is -2.34. The second-order valence-corrected chi connectivity index (χ2v) is 16.6. The van der Waals surface area contributed by atoms with E-state index < -0.39 is 35.6 Å². The Morgan fingerprint density at radius 1 is 1.22 bits per heavy atom. The molecule has 1 aromatic rings. The van der Waals surface area contributed by atoms with Crippen molar-refractivity contribution in [3.63, 3.8) is 0 Å². The van der Waals surface area contributed by atoms with Gasteiger partial charge in [0.25, 0.3) is 0 Å². The van der Waals surface area contributed by atoms with Crippen LogP contribution in [0.5, 0.6) is 0 Å². The summed E-state index contributed by atoms with van der Waals surface area (Å²) in [6.07, 6.45) is 2.35. The molecule has 9 heteroatoms. The molecule has 7 unspecified atom stereocenters. The quantitative estimate of drug-likeness (QED) is 0.279. The van der Waals surface area contributed by atoms with Crippen LogP contribution < -0.4 is 0 Å². The molecule has 7 atom stereocenters. The zero-order valence-electron chi connectivity index (χ0n) is 22.9. The van der Waals surface area contributed by atoms with Gasteiger partial charge in [0, 0.05) is 11.3 Å². The molecule has 0 aromatic carbocycles. The van der Waals surface area contributed by atoms with Crippen LogP contribution >= 0.6 is 43.2 Å². The van der Waals surface area contributed by atoms with E-state index in [0.29, 0.717) is 6.42 Å². The van der Waals surface area contributed by atoms with E-state index in [-0.39, 0.29) is 32.7 Å². The molecule has 3 rings (SSSR count). The van der Waals surface area contributed by atoms with Gasteiger partial charge in [-0.2, -0.15) is 0 Å². The van der Waals surface area contributed by atoms with Gasteiger partial charge in [0.2, 0.25) is 0 Å². The normalized spacial score (nSPS) is 37.5. The first-order chi connectivity index (χ1) is 17.0. The molecule has 1 saturated heterocycles. The molecule has 2 fully saturated rings. The number of hydrogen-bond donors (Lipinski definition) is 2. The molecule has 0 amide bonds. The van der Waals surface area contributed by atoms with Crippen LogP contribution in [0.15, 0.2) is 11.0 Å². The van der Waals surface area contributed by atoms with Crippen LogP contribution in [0.2, 0.25) is 0 Å². The summed E-state index contributed by atoms with van der Waals surface area (Å²) in [7, 11) is 0. The third-order valence-corrected chi connectivity index (χ3v) is 12.5. The molecule has 0 radical (unpaired) electrons. The van der Waals surface area contributed by atoms with Gasteiger partial charge in [0.15, 0.2) is 0 Å². The average molecular weight is 664 g/mol. The Bertz CT molecular complexity index is 1040. The zero-order valence-corrected chi connectivity index (χ0v) is 26.9. The Kier molecular flexibility index (Phi) is 9.59. The second kappa shape index (κ2) is 11.5. The van der Waals surface area contributed by atoms with Gasteiger partial charge in [-0.15, -0.1) is 11.3 Å². The van der Waals surface area contributed by atoms with Gasteiger partial charge in [-0.3, -0.25) is 9.59 Å². The fourth-order valence-electron chi connectivity index (χ4n) is 5.72. The van der Waals surface area contributed by atoms with Crippen LogP contribution in [-0.4, -0.2) is 48.5 Å². The predicted molar refractivity (Wildman–Crippen MR) is 155 cm³/mol. The lowest BCUT2D eigenvalue weighted by molar-refractivity contribution is -0.154. The number of hydrogen-bond acceptors (Lipinski definition) is 7. The first-order valence-electron chi connectivity index (χ1n) is 13.1. The van der Waals surface area contributed by atoms with Gasteiger partial charge in [-0.25, -0.2) is 4.98 Å². The second-order valence-electron chi connectivity index (χ2n) is 11.9. The van der Waals surface area contributed by atoms with Crippen molar-refractivity contribution in [3.8, 4) is 0 Å². The maximum absolute atomic E-state index is 13.3. The summed E-state index contributed by atoms with van der Waals surface area (Å²) < 4.78 is 5.72. The summed E-state index contributed by atoms with van der Waals surface area (Å²) in [4.78, 5) is 30.9. The minimum Gasteiger partial charge on any atom is -0.458 e. The molecule has 2 aliphatic rings. The van der Waals surface area contributed by atoms with E-state index in [4.69, 9.17) is 4.74 Å². The fraction of sp³-hybridized carbons (Fsp3) is 0.750. The highest BCUT2D eigenvalue weighted by atomic mass is 79.9. The van der Waals surface area contributed by atoms with Crippen molar-refractivity contribution in [1.29, 1.82) is 0 Å². The number of carbonyl (C=O) groups excluding carboxylic acids is 2. The number of alkyl halides is 2. The molecule has 1 aromatic heterocycles. The van der Waals surface area contributed by atoms with Crippen molar-refractivity contribution in [2.45, 2.75) is 102 Å². The highest BCUT2D eigenvalue weighted by Crippen LogP contribution is 2.75. The molecule has 2 N–H and O–H groups in total. The number of halogens is 2. The zero-order chi connectivity index (χ0) is 27.9. The van der Waals surface area contributed by atoms with Crippen molar-refractivity contribution in [2.24, 2.45) is 28.6 Å². The first kappa shape index (κ1) is 30.9. The Labute approximate surface area is 241 Å². The molecule has 1 saturated carbocycles. The number of aryl methyl sites for hydroxylation is 1. The maximum Gasteiger partial charge on any atom is 0.309 e. The average Bonchev–Trinajstić information content (AvgIpc) is 3.06. The smallest absolute Gasteiger partial charge is 0.309 e. The number of esters is 1. The van der Waals surface area contributed by atoms with E-state index in [2.05, 4.69) is 43.8 Å². The van der Waals surface area contributed by atoms with E-state index in [9.17, 15) is 19.8 Å². The molecule has 37 heavy (non-hydrogen) atoms. The summed E-state index contributed by atoms with van der Waals surface area (Å²) in [5.74, 6) is -1.32. The minimum absolute atomic E-state index is 0.0647. The highest BCUT2D eigenvalue weighted by molar-refractivity contribution is 9.25. The predicted octanol–water partition coefficient (Wildman–Crippen LogP) is 6.44. The van der Waals surface area contributed by atoms with E-state index >= 15 is 0 Å². The van der Waals surface area contributed by atoms with Gasteiger partial charge >= 0.3 is 5.97 Å². The summed E-state index contributed by atoms with van der Waals surface area (Å²) >= 11 is 9.35. The van der Waals surface area contributed by atoms with Gasteiger partial charge in [0.05, 0.1) is 38.0 Å². The largest absolute Gasteiger partial charge is 0.458 e. The van der Waals surface area contributed by atoms with Crippen LogP contribution in [0.3, 0.4) is 0 Å². The van der Waals surface area contributed by atoms with Crippen LogP contribution in [0.4, 0.5) is 0 Å². The standard InChI is InChI=1S/C28H41Br2NO5S/c1-15-9-8-10-27(7)21(28(27,29)30)12-20(16(2)11-19-14-37-18(4)31-19)36-23(33)13-22(32)26(5,6)25(35)17(3)24(15)34/h11,14-15,17,20-22,24,32,34H,8-10,12-13H2,1-7H3/b16-11+. The van der Waals surface area contributed by atoms with Crippen LogP contribution in [0.1, 0.15) is 84.3 Å². The van der Waals surface area contributed by atoms with Crippen molar-refractivity contribution in [2.75, 3.05) is 0 Å². The van der Waals surface area contributed by atoms with E-state index in [1.165, 1.54) is 0 Å². The molecular weight excluding hydrogens is 622 g/mol. The Hall–Kier alpha value is -0.610. The minimum atomic E-state index is -1.23. The van der Waals surface area contributed by atoms with E-state index in [1.54, 1.807) is 32.1 Å². The highest BCUT2D eigenvalue weighted by Gasteiger charge is 2.71. The molecule has 208 valence electrons. The number of ether oxygens (including phenoxy) is 1. The summed E-state index contributed by atoms with van der Waals surface area (Å²) in [6, 6.07) is 0. The van der Waals surface area contributed by atoms with Gasteiger partial charge < -0.3 is 14.9 Å². The van der Waals surface area contributed by atoms with Crippen LogP contribution in [-0.2, 0) is 14.3 Å². The van der Waals surface area contributed by atoms with Crippen molar-refractivity contribution >= 4 is 61.0 Å². The number of cyclic esters (lactones) is 1. The number of carbonyl (C=O) groups is 2. The molecular formula is C28H41Br2NO5S. The number of fused-ring (bicyclic) bond motifs is 1. The van der Waals surface area contributed by atoms with Crippen molar-refractivity contribution in [1.82, 2.24) is 4.98 Å². The number of rotatable bonds is 2. The van der Waals surface area contributed by atoms with Crippen LogP contribution in [0.25, 0.3) is 6.08 Å². The summed E-state index contributed by atoms with van der Waals surface area (Å²) in [5, 5.41) is 24.8. The molecule has 2 heterocycles. The lowest BCUT2D eigenvalue weighted by Crippen LogP contribution is -2.45. The van der Waals surface area contributed by atoms with Crippen molar-refractivity contribution < 1.29 is 24.5 Å². The lowest BCUT2D eigenvalue weighted by atomic mass is 9.73. The number of ketones is 1. The van der Waals surface area contributed by atoms with Gasteiger partial charge in [-0.05, 0) is 62.0 Å². The number of nitrogens with zero attached hydrogens (tertiary/aromatic N) is 1. The monoisotopic (exact) mass is 661 g/mol. The van der Waals surface area contributed by atoms with Crippen LogP contribution in [0, 0.1) is 35.5 Å². The van der Waals surface area contributed by atoms with Crippen molar-refractivity contribution in [3.05, 3.63) is 21.7 Å². The van der Waals surface area contributed by atoms with Gasteiger partial charge in [-0.1, -0.05) is 72.9 Å². The Morgan fingerprint density at radius 3 is 2.46 bits per heavy atom. The third kappa shape index (κ3) is 6.42. The van der Waals surface area contributed by atoms with E-state index in [0.717, 1.165) is 35.5 Å². The Morgan fingerprint density at radius 2 is 1.86 bits per heavy atom. The summed E-state index contributed by atoms with van der Waals surface area (Å²) in [5.41, 5.74) is 0.448. The molecule has 0 bridgehead atoms. The topological polar surface area (TPSA) is 96.7 Å². The number of aliphatic hydroxyl groups is 2. The maximum atomic E-state index is 13.3. The molecule has 1 aliphatic heterocycles.